The molecule has 0 saturated heterocycles. The van der Waals surface area contributed by atoms with Gasteiger partial charge in [-0.15, -0.1) is 0 Å². The van der Waals surface area contributed by atoms with E-state index in [2.05, 4.69) is 4.74 Å². The third kappa shape index (κ3) is 2.27. The minimum Gasteiger partial charge on any atom is -0.466 e. The summed E-state index contributed by atoms with van der Waals surface area (Å²) in [5.74, 6) is -0.330. The van der Waals surface area contributed by atoms with Gasteiger partial charge in [0.15, 0.2) is 0 Å². The second kappa shape index (κ2) is 3.76. The van der Waals surface area contributed by atoms with E-state index in [0.29, 0.717) is 0 Å². The van der Waals surface area contributed by atoms with Crippen molar-refractivity contribution in [2.24, 2.45) is 0 Å². The Hall–Kier alpha value is -1.51. The van der Waals surface area contributed by atoms with Gasteiger partial charge in [0.2, 0.25) is 0 Å². The van der Waals surface area contributed by atoms with E-state index in [1.807, 2.05) is 36.5 Å². The fourth-order valence-corrected chi connectivity index (χ4v) is 0.804. The van der Waals surface area contributed by atoms with Crippen molar-refractivity contribution in [3.8, 4) is 0 Å². The van der Waals surface area contributed by atoms with E-state index in [1.54, 1.807) is 0 Å². The van der Waals surface area contributed by atoms with Crippen molar-refractivity contribution in [1.82, 2.24) is 4.90 Å². The molecule has 0 unspecified atom stereocenters. The first-order valence-corrected chi connectivity index (χ1v) is 3.60. The fraction of sp³-hybridized carbons (Fsp3) is 0.222. The van der Waals surface area contributed by atoms with E-state index in [4.69, 9.17) is 0 Å². The van der Waals surface area contributed by atoms with E-state index in [9.17, 15) is 4.79 Å². The molecule has 0 radical (unpaired) electrons. The lowest BCUT2D eigenvalue weighted by Crippen LogP contribution is -2.04. The number of rotatable bonds is 1. The Balaban J connectivity index is 2.67. The maximum Gasteiger partial charge on any atom is 0.331 e. The van der Waals surface area contributed by atoms with Gasteiger partial charge >= 0.3 is 5.97 Å². The largest absolute Gasteiger partial charge is 0.466 e. The predicted octanol–water partition coefficient (Wildman–Crippen LogP) is 1.06. The number of ether oxygens (including phenoxy) is 1. The van der Waals surface area contributed by atoms with Gasteiger partial charge in [-0.3, -0.25) is 0 Å². The van der Waals surface area contributed by atoms with Gasteiger partial charge in [-0.05, 0) is 17.7 Å². The van der Waals surface area contributed by atoms with Crippen LogP contribution in [0.3, 0.4) is 0 Å². The Morgan fingerprint density at radius 1 is 1.50 bits per heavy atom. The normalized spacial score (nSPS) is 14.8. The Morgan fingerprint density at radius 3 is 2.58 bits per heavy atom. The highest BCUT2D eigenvalue weighted by Gasteiger charge is 1.98. The fourth-order valence-electron chi connectivity index (χ4n) is 0.804. The molecule has 1 aliphatic heterocycles. The lowest BCUT2D eigenvalue weighted by molar-refractivity contribution is -0.134. The van der Waals surface area contributed by atoms with Crippen LogP contribution in [0.4, 0.5) is 0 Å². The lowest BCUT2D eigenvalue weighted by atomic mass is 10.2. The van der Waals surface area contributed by atoms with Crippen LogP contribution in [0, 0.1) is 0 Å². The van der Waals surface area contributed by atoms with Crippen LogP contribution in [-0.2, 0) is 9.53 Å². The minimum absolute atomic E-state index is 0.330. The highest BCUT2D eigenvalue weighted by molar-refractivity contribution is 5.83. The highest BCUT2D eigenvalue weighted by atomic mass is 16.5. The summed E-state index contributed by atoms with van der Waals surface area (Å²) >= 11 is 0. The second-order valence-corrected chi connectivity index (χ2v) is 2.46. The predicted molar refractivity (Wildman–Crippen MR) is 46.1 cm³/mol. The van der Waals surface area contributed by atoms with Gasteiger partial charge in [0.25, 0.3) is 0 Å². The molecule has 0 aliphatic carbocycles. The Labute approximate surface area is 71.6 Å². The van der Waals surface area contributed by atoms with Crippen LogP contribution in [0.2, 0.25) is 0 Å². The number of allylic oxidation sites excluding steroid dienone is 3. The zero-order valence-electron chi connectivity index (χ0n) is 7.15. The van der Waals surface area contributed by atoms with Gasteiger partial charge in [0.05, 0.1) is 7.11 Å². The quantitative estimate of drug-likeness (QED) is 0.430. The molecule has 0 aromatic carbocycles. The number of nitrogens with zero attached hydrogens (tertiary/aromatic N) is 1. The number of esters is 1. The first-order chi connectivity index (χ1) is 5.72. The molecule has 0 amide bonds. The summed E-state index contributed by atoms with van der Waals surface area (Å²) in [4.78, 5) is 12.7. The molecule has 0 aromatic rings. The molecule has 0 N–H and O–H groups in total. The van der Waals surface area contributed by atoms with Crippen molar-refractivity contribution < 1.29 is 9.53 Å². The summed E-state index contributed by atoms with van der Waals surface area (Å²) in [5.41, 5.74) is 0.847. The first kappa shape index (κ1) is 8.59. The van der Waals surface area contributed by atoms with E-state index in [-0.39, 0.29) is 5.97 Å². The molecule has 64 valence electrons. The minimum atomic E-state index is -0.330. The van der Waals surface area contributed by atoms with Gasteiger partial charge in [0, 0.05) is 25.5 Å². The van der Waals surface area contributed by atoms with Crippen LogP contribution < -0.4 is 0 Å². The molecule has 0 atom stereocenters. The van der Waals surface area contributed by atoms with Crippen LogP contribution in [0.25, 0.3) is 0 Å². The molecule has 0 bridgehead atoms. The molecule has 1 aliphatic rings. The van der Waals surface area contributed by atoms with E-state index < -0.39 is 0 Å². The Morgan fingerprint density at radius 2 is 2.08 bits per heavy atom. The maximum atomic E-state index is 10.8. The van der Waals surface area contributed by atoms with E-state index in [1.165, 1.54) is 13.2 Å². The molecule has 0 aromatic heterocycles. The third-order valence-corrected chi connectivity index (χ3v) is 1.49. The van der Waals surface area contributed by atoms with Crippen molar-refractivity contribution in [3.63, 3.8) is 0 Å². The molecular weight excluding hydrogens is 154 g/mol. The van der Waals surface area contributed by atoms with Gasteiger partial charge in [-0.2, -0.15) is 0 Å². The summed E-state index contributed by atoms with van der Waals surface area (Å²) in [6.45, 7) is 0. The first-order valence-electron chi connectivity index (χ1n) is 3.60. The monoisotopic (exact) mass is 165 g/mol. The van der Waals surface area contributed by atoms with Gasteiger partial charge in [0.1, 0.15) is 0 Å². The smallest absolute Gasteiger partial charge is 0.331 e. The van der Waals surface area contributed by atoms with Crippen LogP contribution in [0.1, 0.15) is 0 Å². The molecular formula is C9H11NO2. The van der Waals surface area contributed by atoms with Crippen molar-refractivity contribution in [1.29, 1.82) is 0 Å². The molecule has 1 heterocycles. The zero-order valence-corrected chi connectivity index (χ0v) is 7.15. The highest BCUT2D eigenvalue weighted by Crippen LogP contribution is 2.07. The number of hydrogen-bond acceptors (Lipinski definition) is 3. The summed E-state index contributed by atoms with van der Waals surface area (Å²) in [6, 6.07) is 0. The van der Waals surface area contributed by atoms with Crippen LogP contribution >= 0.6 is 0 Å². The average Bonchev–Trinajstić information content (AvgIpc) is 2.09. The number of methoxy groups -OCH3 is 1. The van der Waals surface area contributed by atoms with Crippen LogP contribution in [0.5, 0.6) is 0 Å². The van der Waals surface area contributed by atoms with Gasteiger partial charge < -0.3 is 9.64 Å². The molecule has 12 heavy (non-hydrogen) atoms. The summed E-state index contributed by atoms with van der Waals surface area (Å²) in [6.07, 6.45) is 8.87. The second-order valence-electron chi connectivity index (χ2n) is 2.46. The molecule has 3 heteroatoms. The molecule has 3 nitrogen and oxygen atoms in total. The third-order valence-electron chi connectivity index (χ3n) is 1.49. The van der Waals surface area contributed by atoms with Crippen molar-refractivity contribution in [3.05, 3.63) is 36.2 Å². The van der Waals surface area contributed by atoms with Gasteiger partial charge in [-0.25, -0.2) is 4.79 Å². The maximum absolute atomic E-state index is 10.8. The van der Waals surface area contributed by atoms with Crippen molar-refractivity contribution in [2.45, 2.75) is 0 Å². The standard InChI is InChI=1S/C9H11NO2/c1-10-5-3-8(4-6-10)7-9(11)12-2/h3-7H,1-2H3. The van der Waals surface area contributed by atoms with E-state index in [0.717, 1.165) is 5.57 Å². The lowest BCUT2D eigenvalue weighted by Gasteiger charge is -2.11. The zero-order chi connectivity index (χ0) is 8.97. The average molecular weight is 165 g/mol. The Kier molecular flexibility index (Phi) is 2.69. The summed E-state index contributed by atoms with van der Waals surface area (Å²) < 4.78 is 4.48. The van der Waals surface area contributed by atoms with Crippen molar-refractivity contribution >= 4 is 5.97 Å². The van der Waals surface area contributed by atoms with E-state index >= 15 is 0 Å². The number of carbonyl (C=O) groups excluding carboxylic acids is 1. The topological polar surface area (TPSA) is 29.5 Å². The number of hydrogen-bond donors (Lipinski definition) is 0. The van der Waals surface area contributed by atoms with Crippen molar-refractivity contribution in [2.75, 3.05) is 14.2 Å². The Bertz CT molecular complexity index is 248. The molecule has 1 rings (SSSR count). The van der Waals surface area contributed by atoms with Gasteiger partial charge in [-0.1, -0.05) is 0 Å². The number of carbonyl (C=O) groups is 1. The summed E-state index contributed by atoms with van der Waals surface area (Å²) in [7, 11) is 3.28. The summed E-state index contributed by atoms with van der Waals surface area (Å²) in [5, 5.41) is 0. The SMILES string of the molecule is COC(=O)C=C1C=CN(C)C=C1. The molecule has 0 saturated carbocycles. The van der Waals surface area contributed by atoms with Crippen LogP contribution in [0.15, 0.2) is 36.2 Å². The van der Waals surface area contributed by atoms with Crippen LogP contribution in [-0.4, -0.2) is 25.0 Å². The molecule has 0 fully saturated rings. The molecule has 0 spiro atoms.